The number of rotatable bonds is 6. The molecule has 3 rings (SSSR count). The normalized spacial score (nSPS) is 10.7. The van der Waals surface area contributed by atoms with Crippen molar-refractivity contribution in [2.75, 3.05) is 5.32 Å². The fourth-order valence-electron chi connectivity index (χ4n) is 2.70. The number of anilines is 2. The van der Waals surface area contributed by atoms with Crippen molar-refractivity contribution in [3.63, 3.8) is 0 Å². The van der Waals surface area contributed by atoms with E-state index < -0.39 is 5.91 Å². The number of pyridine rings is 1. The molecule has 0 spiro atoms. The number of halogens is 1. The maximum Gasteiger partial charge on any atom is 0.261 e. The van der Waals surface area contributed by atoms with Crippen LogP contribution in [0.25, 0.3) is 11.3 Å². The maximum absolute atomic E-state index is 11.9. The number of aryl methyl sites for hydroxylation is 2. The molecule has 2 aromatic heterocycles. The van der Waals surface area contributed by atoms with Crippen molar-refractivity contribution < 1.29 is 4.79 Å². The Hall–Kier alpha value is -2.44. The van der Waals surface area contributed by atoms with Gasteiger partial charge in [-0.15, -0.1) is 0 Å². The van der Waals surface area contributed by atoms with Crippen LogP contribution in [-0.4, -0.2) is 15.9 Å². The standard InChI is InChI=1S/C19H19ClN4OS/c1-3-6-12-8-5-10-14(22-12)23-19-24-16(17(26-19)18(21)25)15-11(2)7-4-9-13(15)20/h4-5,7-10H,3,6H2,1-2H3,(H2,21,25)(H,22,23,24). The summed E-state index contributed by atoms with van der Waals surface area (Å²) in [7, 11) is 0. The molecule has 0 saturated heterocycles. The lowest BCUT2D eigenvalue weighted by Gasteiger charge is -2.06. The number of hydrogen-bond donors (Lipinski definition) is 2. The third-order valence-electron chi connectivity index (χ3n) is 3.86. The first-order valence-corrected chi connectivity index (χ1v) is 9.48. The minimum atomic E-state index is -0.530. The number of nitrogens with zero attached hydrogens (tertiary/aromatic N) is 2. The number of hydrogen-bond acceptors (Lipinski definition) is 5. The van der Waals surface area contributed by atoms with Gasteiger partial charge in [0.15, 0.2) is 5.13 Å². The minimum absolute atomic E-state index is 0.369. The van der Waals surface area contributed by atoms with E-state index in [9.17, 15) is 4.79 Å². The summed E-state index contributed by atoms with van der Waals surface area (Å²) in [5.74, 6) is 0.153. The first kappa shape index (κ1) is 18.4. The van der Waals surface area contributed by atoms with Gasteiger partial charge in [-0.05, 0) is 37.1 Å². The number of nitrogens with two attached hydrogens (primary N) is 1. The smallest absolute Gasteiger partial charge is 0.261 e. The Balaban J connectivity index is 2.00. The van der Waals surface area contributed by atoms with Crippen molar-refractivity contribution in [2.24, 2.45) is 5.73 Å². The van der Waals surface area contributed by atoms with E-state index in [1.165, 1.54) is 11.3 Å². The van der Waals surface area contributed by atoms with Crippen molar-refractivity contribution in [3.8, 4) is 11.3 Å². The number of nitrogens with one attached hydrogen (secondary N) is 1. The Morgan fingerprint density at radius 3 is 2.69 bits per heavy atom. The summed E-state index contributed by atoms with van der Waals surface area (Å²) in [5.41, 5.74) is 8.72. The Labute approximate surface area is 161 Å². The average Bonchev–Trinajstić information content (AvgIpc) is 2.99. The van der Waals surface area contributed by atoms with Gasteiger partial charge in [0.25, 0.3) is 5.91 Å². The molecule has 0 bridgehead atoms. The number of benzene rings is 1. The summed E-state index contributed by atoms with van der Waals surface area (Å²) >= 11 is 7.54. The summed E-state index contributed by atoms with van der Waals surface area (Å²) in [6.45, 7) is 4.04. The molecule has 0 radical (unpaired) electrons. The molecule has 0 aliphatic heterocycles. The number of carbonyl (C=O) groups is 1. The number of aromatic nitrogens is 2. The van der Waals surface area contributed by atoms with Gasteiger partial charge in [0.1, 0.15) is 10.7 Å². The first-order valence-electron chi connectivity index (χ1n) is 8.28. The monoisotopic (exact) mass is 386 g/mol. The van der Waals surface area contributed by atoms with E-state index in [0.717, 1.165) is 29.7 Å². The topological polar surface area (TPSA) is 80.9 Å². The molecular weight excluding hydrogens is 368 g/mol. The second-order valence-electron chi connectivity index (χ2n) is 5.88. The molecule has 5 nitrogen and oxygen atoms in total. The van der Waals surface area contributed by atoms with Crippen LogP contribution in [0, 0.1) is 6.92 Å². The van der Waals surface area contributed by atoms with Crippen LogP contribution < -0.4 is 11.1 Å². The van der Waals surface area contributed by atoms with Crippen LogP contribution in [-0.2, 0) is 6.42 Å². The van der Waals surface area contributed by atoms with E-state index in [-0.39, 0.29) is 0 Å². The van der Waals surface area contributed by atoms with Crippen molar-refractivity contribution in [1.29, 1.82) is 0 Å². The van der Waals surface area contributed by atoms with Crippen LogP contribution in [0.2, 0.25) is 5.02 Å². The zero-order valence-corrected chi connectivity index (χ0v) is 16.1. The highest BCUT2D eigenvalue weighted by Crippen LogP contribution is 2.37. The van der Waals surface area contributed by atoms with E-state index in [4.69, 9.17) is 17.3 Å². The Bertz CT molecular complexity index is 934. The SMILES string of the molecule is CCCc1cccc(Nc2nc(-c3c(C)cccc3Cl)c(C(N)=O)s2)n1. The Morgan fingerprint density at radius 1 is 1.23 bits per heavy atom. The average molecular weight is 387 g/mol. The second-order valence-corrected chi connectivity index (χ2v) is 7.29. The molecule has 0 fully saturated rings. The number of amides is 1. The van der Waals surface area contributed by atoms with E-state index in [0.29, 0.717) is 26.5 Å². The zero-order chi connectivity index (χ0) is 18.7. The fraction of sp³-hybridized carbons (Fsp3) is 0.211. The first-order chi connectivity index (χ1) is 12.5. The molecule has 0 aliphatic rings. The molecule has 0 atom stereocenters. The lowest BCUT2D eigenvalue weighted by Crippen LogP contribution is -2.10. The number of primary amides is 1. The lowest BCUT2D eigenvalue weighted by molar-refractivity contribution is 0.100. The lowest BCUT2D eigenvalue weighted by atomic mass is 10.0. The van der Waals surface area contributed by atoms with Crippen LogP contribution in [0.1, 0.15) is 34.3 Å². The third kappa shape index (κ3) is 3.86. The van der Waals surface area contributed by atoms with Gasteiger partial charge < -0.3 is 11.1 Å². The van der Waals surface area contributed by atoms with E-state index in [1.54, 1.807) is 6.07 Å². The quantitative estimate of drug-likeness (QED) is 0.627. The van der Waals surface area contributed by atoms with Crippen molar-refractivity contribution in [2.45, 2.75) is 26.7 Å². The van der Waals surface area contributed by atoms with Crippen molar-refractivity contribution in [1.82, 2.24) is 9.97 Å². The van der Waals surface area contributed by atoms with Crippen LogP contribution in [0.15, 0.2) is 36.4 Å². The molecule has 3 aromatic rings. The van der Waals surface area contributed by atoms with Gasteiger partial charge in [-0.1, -0.05) is 54.5 Å². The molecule has 1 aromatic carbocycles. The van der Waals surface area contributed by atoms with Crippen molar-refractivity contribution >= 4 is 39.8 Å². The molecule has 0 aliphatic carbocycles. The highest BCUT2D eigenvalue weighted by molar-refractivity contribution is 7.18. The van der Waals surface area contributed by atoms with Gasteiger partial charge in [0.05, 0.1) is 10.7 Å². The summed E-state index contributed by atoms with van der Waals surface area (Å²) in [6, 6.07) is 11.4. The second kappa shape index (κ2) is 7.85. The Kier molecular flexibility index (Phi) is 5.54. The van der Waals surface area contributed by atoms with Gasteiger partial charge in [-0.2, -0.15) is 0 Å². The minimum Gasteiger partial charge on any atom is -0.365 e. The van der Waals surface area contributed by atoms with Crippen LogP contribution in [0.3, 0.4) is 0 Å². The Morgan fingerprint density at radius 2 is 2.00 bits per heavy atom. The van der Waals surface area contributed by atoms with Gasteiger partial charge in [0.2, 0.25) is 0 Å². The fourth-order valence-corrected chi connectivity index (χ4v) is 3.84. The van der Waals surface area contributed by atoms with E-state index in [2.05, 4.69) is 22.2 Å². The number of thiazole rings is 1. The molecule has 134 valence electrons. The summed E-state index contributed by atoms with van der Waals surface area (Å²) < 4.78 is 0. The molecule has 0 unspecified atom stereocenters. The van der Waals surface area contributed by atoms with Gasteiger partial charge >= 0.3 is 0 Å². The summed E-state index contributed by atoms with van der Waals surface area (Å²) in [4.78, 5) is 21.4. The van der Waals surface area contributed by atoms with Crippen LogP contribution >= 0.6 is 22.9 Å². The highest BCUT2D eigenvalue weighted by atomic mass is 35.5. The number of carbonyl (C=O) groups excluding carboxylic acids is 1. The summed E-state index contributed by atoms with van der Waals surface area (Å²) in [5, 5.41) is 4.26. The van der Waals surface area contributed by atoms with E-state index in [1.807, 2.05) is 37.3 Å². The van der Waals surface area contributed by atoms with Gasteiger partial charge in [-0.25, -0.2) is 9.97 Å². The van der Waals surface area contributed by atoms with Gasteiger partial charge in [-0.3, -0.25) is 4.79 Å². The largest absolute Gasteiger partial charge is 0.365 e. The molecule has 1 amide bonds. The van der Waals surface area contributed by atoms with Crippen LogP contribution in [0.5, 0.6) is 0 Å². The molecule has 7 heteroatoms. The van der Waals surface area contributed by atoms with Crippen molar-refractivity contribution in [3.05, 3.63) is 57.6 Å². The molecule has 2 heterocycles. The predicted molar refractivity (Wildman–Crippen MR) is 107 cm³/mol. The summed E-state index contributed by atoms with van der Waals surface area (Å²) in [6.07, 6.45) is 1.93. The predicted octanol–water partition coefficient (Wildman–Crippen LogP) is 4.96. The third-order valence-corrected chi connectivity index (χ3v) is 5.16. The van der Waals surface area contributed by atoms with Crippen LogP contribution in [0.4, 0.5) is 10.9 Å². The highest BCUT2D eigenvalue weighted by Gasteiger charge is 2.21. The molecule has 26 heavy (non-hydrogen) atoms. The van der Waals surface area contributed by atoms with Gasteiger partial charge in [0, 0.05) is 11.3 Å². The maximum atomic E-state index is 11.9. The van der Waals surface area contributed by atoms with E-state index >= 15 is 0 Å². The zero-order valence-electron chi connectivity index (χ0n) is 14.5. The molecular formula is C19H19ClN4OS. The molecule has 0 saturated carbocycles. The molecule has 3 N–H and O–H groups in total.